The van der Waals surface area contributed by atoms with E-state index in [1.165, 1.54) is 5.56 Å². The zero-order chi connectivity index (χ0) is 23.8. The number of carbonyl (C=O) groups excluding carboxylic acids is 1. The van der Waals surface area contributed by atoms with E-state index in [9.17, 15) is 4.79 Å². The number of aromatic nitrogens is 3. The summed E-state index contributed by atoms with van der Waals surface area (Å²) in [6.45, 7) is 5.62. The van der Waals surface area contributed by atoms with Crippen molar-refractivity contribution in [2.24, 2.45) is 0 Å². The zero-order valence-electron chi connectivity index (χ0n) is 19.7. The van der Waals surface area contributed by atoms with Gasteiger partial charge >= 0.3 is 0 Å². The summed E-state index contributed by atoms with van der Waals surface area (Å²) in [5.74, 6) is 2.57. The van der Waals surface area contributed by atoms with Crippen molar-refractivity contribution in [2.45, 2.75) is 45.3 Å². The van der Waals surface area contributed by atoms with Crippen molar-refractivity contribution in [3.05, 3.63) is 77.4 Å². The van der Waals surface area contributed by atoms with E-state index in [-0.39, 0.29) is 18.6 Å². The summed E-state index contributed by atoms with van der Waals surface area (Å²) in [5, 5.41) is 20.9. The Balaban J connectivity index is 1.31. The number of hydrogen-bond acceptors (Lipinski definition) is 6. The highest BCUT2D eigenvalue weighted by Crippen LogP contribution is 2.19. The van der Waals surface area contributed by atoms with Crippen LogP contribution >= 0.6 is 0 Å². The number of aliphatic hydroxyl groups is 1. The van der Waals surface area contributed by atoms with Crippen molar-refractivity contribution in [3.8, 4) is 5.75 Å². The normalized spacial score (nSPS) is 14.8. The lowest BCUT2D eigenvalue weighted by Crippen LogP contribution is -2.30. The molecule has 1 aliphatic rings. The topological polar surface area (TPSA) is 92.5 Å². The molecule has 0 radical (unpaired) electrons. The van der Waals surface area contributed by atoms with Crippen LogP contribution in [0.25, 0.3) is 0 Å². The number of ether oxygens (including phenoxy) is 1. The van der Waals surface area contributed by atoms with E-state index in [1.807, 2.05) is 55.5 Å². The largest absolute Gasteiger partial charge is 0.491 e. The number of rotatable bonds is 10. The van der Waals surface area contributed by atoms with Gasteiger partial charge in [-0.25, -0.2) is 0 Å². The number of amides is 1. The van der Waals surface area contributed by atoms with Crippen LogP contribution in [0, 0.1) is 0 Å². The predicted molar refractivity (Wildman–Crippen MR) is 129 cm³/mol. The summed E-state index contributed by atoms with van der Waals surface area (Å²) in [6, 6.07) is 17.9. The average Bonchev–Trinajstić information content (AvgIpc) is 3.17. The van der Waals surface area contributed by atoms with Crippen molar-refractivity contribution < 1.29 is 14.6 Å². The molecule has 180 valence electrons. The lowest BCUT2D eigenvalue weighted by molar-refractivity contribution is -0.121. The highest BCUT2D eigenvalue weighted by Gasteiger charge is 2.23. The van der Waals surface area contributed by atoms with Crippen LogP contribution in [-0.4, -0.2) is 57.0 Å². The molecule has 2 aromatic carbocycles. The number of fused-ring (bicyclic) bond motifs is 1. The minimum Gasteiger partial charge on any atom is -0.491 e. The van der Waals surface area contributed by atoms with E-state index in [2.05, 4.69) is 31.0 Å². The second kappa shape index (κ2) is 11.8. The zero-order valence-corrected chi connectivity index (χ0v) is 19.7. The van der Waals surface area contributed by atoms with Gasteiger partial charge < -0.3 is 19.7 Å². The number of aliphatic hydroxyl groups excluding tert-OH is 1. The summed E-state index contributed by atoms with van der Waals surface area (Å²) < 4.78 is 7.69. The second-order valence-electron chi connectivity index (χ2n) is 8.65. The van der Waals surface area contributed by atoms with Gasteiger partial charge in [0.25, 0.3) is 0 Å². The molecule has 0 spiro atoms. The maximum Gasteiger partial charge on any atom is 0.220 e. The van der Waals surface area contributed by atoms with E-state index in [0.29, 0.717) is 13.0 Å². The lowest BCUT2D eigenvalue weighted by Gasteiger charge is -2.20. The Hall–Kier alpha value is -3.23. The molecule has 3 aromatic rings. The first-order valence-corrected chi connectivity index (χ1v) is 11.9. The molecule has 1 atom stereocenters. The monoisotopic (exact) mass is 463 g/mol. The molecule has 0 saturated carbocycles. The third-order valence-electron chi connectivity index (χ3n) is 6.06. The first-order chi connectivity index (χ1) is 16.6. The minimum absolute atomic E-state index is 0.00406. The molecule has 8 heteroatoms. The van der Waals surface area contributed by atoms with Crippen LogP contribution < -0.4 is 10.1 Å². The number of nitrogens with zero attached hydrogens (tertiary/aromatic N) is 4. The summed E-state index contributed by atoms with van der Waals surface area (Å²) in [4.78, 5) is 14.9. The van der Waals surface area contributed by atoms with Gasteiger partial charge in [0.2, 0.25) is 5.91 Å². The lowest BCUT2D eigenvalue weighted by atomic mass is 10.1. The number of carbonyl (C=O) groups is 1. The first-order valence-electron chi connectivity index (χ1n) is 11.9. The Kier molecular flexibility index (Phi) is 8.27. The average molecular weight is 464 g/mol. The van der Waals surface area contributed by atoms with Crippen molar-refractivity contribution in [1.29, 1.82) is 0 Å². The molecular formula is C26H33N5O3. The van der Waals surface area contributed by atoms with Crippen LogP contribution in [0.5, 0.6) is 5.75 Å². The minimum atomic E-state index is -0.198. The van der Waals surface area contributed by atoms with Gasteiger partial charge in [0, 0.05) is 39.0 Å². The van der Waals surface area contributed by atoms with Gasteiger partial charge in [-0.1, -0.05) is 42.5 Å². The molecule has 2 heterocycles. The standard InChI is InChI=1S/C26H33N5O3/c1-20(27-25(33)11-10-21-6-3-2-4-7-21)26-29-28-24-12-13-30(14-15-31(24)26)19-22-8-5-9-23(18-22)34-17-16-32/h2-9,18,20,32H,10-17,19H2,1H3,(H,27,33)/t20-/m0/s1. The summed E-state index contributed by atoms with van der Waals surface area (Å²) in [5.41, 5.74) is 2.33. The van der Waals surface area contributed by atoms with E-state index in [1.54, 1.807) is 0 Å². The maximum atomic E-state index is 12.5. The molecule has 0 saturated heterocycles. The number of hydrogen-bond donors (Lipinski definition) is 2. The molecule has 8 nitrogen and oxygen atoms in total. The molecule has 0 fully saturated rings. The fourth-order valence-corrected chi connectivity index (χ4v) is 4.30. The Bertz CT molecular complexity index is 1070. The van der Waals surface area contributed by atoms with Gasteiger partial charge in [-0.15, -0.1) is 10.2 Å². The molecule has 34 heavy (non-hydrogen) atoms. The van der Waals surface area contributed by atoms with Crippen LogP contribution in [-0.2, 0) is 30.7 Å². The van der Waals surface area contributed by atoms with E-state index >= 15 is 0 Å². The summed E-state index contributed by atoms with van der Waals surface area (Å²) >= 11 is 0. The SMILES string of the molecule is C[C@H](NC(=O)CCc1ccccc1)c1nnc2n1CCN(Cc1cccc(OCCO)c1)CC2. The highest BCUT2D eigenvalue weighted by molar-refractivity contribution is 5.76. The fraction of sp³-hybridized carbons (Fsp3) is 0.423. The number of nitrogens with one attached hydrogen (secondary N) is 1. The maximum absolute atomic E-state index is 12.5. The van der Waals surface area contributed by atoms with Gasteiger partial charge in [-0.3, -0.25) is 9.69 Å². The Morgan fingerprint density at radius 3 is 2.74 bits per heavy atom. The number of benzene rings is 2. The summed E-state index contributed by atoms with van der Waals surface area (Å²) in [7, 11) is 0. The molecule has 4 rings (SSSR count). The van der Waals surface area contributed by atoms with Gasteiger partial charge in [0.05, 0.1) is 12.6 Å². The first kappa shape index (κ1) is 23.9. The van der Waals surface area contributed by atoms with Crippen molar-refractivity contribution in [3.63, 3.8) is 0 Å². The molecular weight excluding hydrogens is 430 g/mol. The smallest absolute Gasteiger partial charge is 0.220 e. The fourth-order valence-electron chi connectivity index (χ4n) is 4.30. The highest BCUT2D eigenvalue weighted by atomic mass is 16.5. The third-order valence-corrected chi connectivity index (χ3v) is 6.06. The molecule has 1 aromatic heterocycles. The van der Waals surface area contributed by atoms with Crippen LogP contribution in [0.1, 0.15) is 42.2 Å². The molecule has 0 aliphatic carbocycles. The predicted octanol–water partition coefficient (Wildman–Crippen LogP) is 2.52. The molecule has 1 amide bonds. The molecule has 0 bridgehead atoms. The van der Waals surface area contributed by atoms with Crippen LogP contribution in [0.2, 0.25) is 0 Å². The Morgan fingerprint density at radius 1 is 1.09 bits per heavy atom. The molecule has 2 N–H and O–H groups in total. The van der Waals surface area contributed by atoms with E-state index < -0.39 is 0 Å². The molecule has 0 unspecified atom stereocenters. The van der Waals surface area contributed by atoms with Gasteiger partial charge in [0.1, 0.15) is 18.2 Å². The quantitative estimate of drug-likeness (QED) is 0.480. The van der Waals surface area contributed by atoms with Crippen molar-refractivity contribution >= 4 is 5.91 Å². The third kappa shape index (κ3) is 6.42. The summed E-state index contributed by atoms with van der Waals surface area (Å²) in [6.07, 6.45) is 1.98. The van der Waals surface area contributed by atoms with Gasteiger partial charge in [-0.2, -0.15) is 0 Å². The van der Waals surface area contributed by atoms with Crippen LogP contribution in [0.3, 0.4) is 0 Å². The Morgan fingerprint density at radius 2 is 1.91 bits per heavy atom. The van der Waals surface area contributed by atoms with Crippen molar-refractivity contribution in [2.75, 3.05) is 26.3 Å². The van der Waals surface area contributed by atoms with Gasteiger partial charge in [-0.05, 0) is 36.6 Å². The molecule has 1 aliphatic heterocycles. The Labute approximate surface area is 200 Å². The second-order valence-corrected chi connectivity index (χ2v) is 8.65. The van der Waals surface area contributed by atoms with Crippen molar-refractivity contribution in [1.82, 2.24) is 25.0 Å². The van der Waals surface area contributed by atoms with Crippen LogP contribution in [0.4, 0.5) is 0 Å². The van der Waals surface area contributed by atoms with Gasteiger partial charge in [0.15, 0.2) is 5.82 Å². The van der Waals surface area contributed by atoms with Crippen LogP contribution in [0.15, 0.2) is 54.6 Å². The van der Waals surface area contributed by atoms with E-state index in [0.717, 1.165) is 62.0 Å². The number of aryl methyl sites for hydroxylation is 1. The van der Waals surface area contributed by atoms with E-state index in [4.69, 9.17) is 9.84 Å².